The average Bonchev–Trinajstić information content (AvgIpc) is 3.30. The topological polar surface area (TPSA) is 60.9 Å². The van der Waals surface area contributed by atoms with E-state index in [0.29, 0.717) is 19.4 Å². The maximum Gasteiger partial charge on any atom is 0.320 e. The first-order valence-electron chi connectivity index (χ1n) is 10.1. The van der Waals surface area contributed by atoms with Crippen molar-refractivity contribution in [2.24, 2.45) is 0 Å². The monoisotopic (exact) mass is 376 g/mol. The molecule has 1 N–H and O–H groups in total. The van der Waals surface area contributed by atoms with Crippen LogP contribution in [0.1, 0.15) is 31.2 Å². The van der Waals surface area contributed by atoms with Crippen molar-refractivity contribution in [3.63, 3.8) is 0 Å². The van der Waals surface area contributed by atoms with Gasteiger partial charge in [-0.25, -0.2) is 0 Å². The summed E-state index contributed by atoms with van der Waals surface area (Å²) in [4.78, 5) is 29.0. The number of likely N-dealkylation sites (tertiary alicyclic amines) is 1. The fourth-order valence-electron chi connectivity index (χ4n) is 4.95. The minimum Gasteiger partial charge on any atom is -0.480 e. The molecular weight excluding hydrogens is 352 g/mol. The van der Waals surface area contributed by atoms with Crippen molar-refractivity contribution in [2.45, 2.75) is 50.2 Å². The van der Waals surface area contributed by atoms with E-state index in [1.54, 1.807) is 0 Å². The Hall–Kier alpha value is -2.66. The van der Waals surface area contributed by atoms with Crippen molar-refractivity contribution < 1.29 is 14.7 Å². The number of carbonyl (C=O) groups excluding carboxylic acids is 1. The summed E-state index contributed by atoms with van der Waals surface area (Å²) >= 11 is 0. The molecular formula is C23H24N2O3. The molecule has 2 fully saturated rings. The molecule has 2 atom stereocenters. The first kappa shape index (κ1) is 17.4. The first-order chi connectivity index (χ1) is 13.6. The van der Waals surface area contributed by atoms with Crippen LogP contribution in [-0.2, 0) is 16.0 Å². The van der Waals surface area contributed by atoms with Gasteiger partial charge in [-0.05, 0) is 54.9 Å². The third kappa shape index (κ3) is 2.81. The molecule has 0 aromatic heterocycles. The third-order valence-electron chi connectivity index (χ3n) is 6.35. The van der Waals surface area contributed by atoms with E-state index >= 15 is 0 Å². The van der Waals surface area contributed by atoms with Gasteiger partial charge in [0.15, 0.2) is 0 Å². The summed E-state index contributed by atoms with van der Waals surface area (Å²) in [5.74, 6) is -0.727. The van der Waals surface area contributed by atoms with Crippen LogP contribution >= 0.6 is 0 Å². The Morgan fingerprint density at radius 2 is 1.64 bits per heavy atom. The first-order valence-corrected chi connectivity index (χ1v) is 10.1. The number of amides is 1. The van der Waals surface area contributed by atoms with Crippen molar-refractivity contribution in [1.82, 2.24) is 4.90 Å². The number of aliphatic carboxylic acids is 1. The number of rotatable bonds is 4. The molecule has 2 aromatic carbocycles. The number of hydrogen-bond acceptors (Lipinski definition) is 3. The molecule has 3 aliphatic rings. The van der Waals surface area contributed by atoms with Gasteiger partial charge >= 0.3 is 5.97 Å². The summed E-state index contributed by atoms with van der Waals surface area (Å²) in [5, 5.41) is 9.58. The molecule has 0 radical (unpaired) electrons. The van der Waals surface area contributed by atoms with Crippen LogP contribution in [0.15, 0.2) is 48.5 Å². The van der Waals surface area contributed by atoms with E-state index in [-0.39, 0.29) is 18.0 Å². The molecule has 144 valence electrons. The zero-order valence-corrected chi connectivity index (χ0v) is 15.8. The number of benzene rings is 2. The van der Waals surface area contributed by atoms with Crippen LogP contribution < -0.4 is 4.90 Å². The molecule has 2 unspecified atom stereocenters. The molecule has 2 heterocycles. The highest BCUT2D eigenvalue weighted by Crippen LogP contribution is 2.41. The molecule has 28 heavy (non-hydrogen) atoms. The lowest BCUT2D eigenvalue weighted by Crippen LogP contribution is -2.50. The molecule has 2 aliphatic heterocycles. The van der Waals surface area contributed by atoms with Crippen LogP contribution in [0, 0.1) is 0 Å². The summed E-state index contributed by atoms with van der Waals surface area (Å²) in [6.07, 6.45) is 4.04. The Balaban J connectivity index is 1.45. The Kier molecular flexibility index (Phi) is 4.20. The number of hydrogen-bond donors (Lipinski definition) is 1. The predicted molar refractivity (Wildman–Crippen MR) is 107 cm³/mol. The zero-order valence-electron chi connectivity index (χ0n) is 15.8. The molecule has 2 aromatic rings. The molecule has 1 amide bonds. The Morgan fingerprint density at radius 1 is 0.893 bits per heavy atom. The van der Waals surface area contributed by atoms with Gasteiger partial charge in [0.05, 0.1) is 6.04 Å². The summed E-state index contributed by atoms with van der Waals surface area (Å²) in [7, 11) is 0. The van der Waals surface area contributed by atoms with Crippen molar-refractivity contribution in [1.29, 1.82) is 0 Å². The van der Waals surface area contributed by atoms with Gasteiger partial charge in [-0.1, -0.05) is 42.5 Å². The minimum absolute atomic E-state index is 0.0691. The Labute approximate surface area is 164 Å². The van der Waals surface area contributed by atoms with Crippen LogP contribution in [0.5, 0.6) is 0 Å². The number of nitrogens with zero attached hydrogens (tertiary/aromatic N) is 2. The lowest BCUT2D eigenvalue weighted by Gasteiger charge is -2.30. The van der Waals surface area contributed by atoms with Crippen molar-refractivity contribution in [3.05, 3.63) is 54.1 Å². The normalized spacial score (nSPS) is 24.4. The highest BCUT2D eigenvalue weighted by molar-refractivity contribution is 6.01. The SMILES string of the molecule is O=C(O)C1CCC(C(=O)N2CCc3c(-c4ccccc4)cccc32)N1C1CC1. The van der Waals surface area contributed by atoms with Crippen LogP contribution in [0.4, 0.5) is 5.69 Å². The van der Waals surface area contributed by atoms with Crippen molar-refractivity contribution in [3.8, 4) is 11.1 Å². The number of anilines is 1. The van der Waals surface area contributed by atoms with Gasteiger partial charge in [0.25, 0.3) is 0 Å². The van der Waals surface area contributed by atoms with Crippen molar-refractivity contribution in [2.75, 3.05) is 11.4 Å². The third-order valence-corrected chi connectivity index (χ3v) is 6.35. The Bertz CT molecular complexity index is 923. The maximum atomic E-state index is 13.5. The number of carboxylic acid groups (broad SMARTS) is 1. The van der Waals surface area contributed by atoms with E-state index in [1.165, 1.54) is 16.7 Å². The quantitative estimate of drug-likeness (QED) is 0.889. The second-order valence-electron chi connectivity index (χ2n) is 8.03. The standard InChI is InChI=1S/C23H24N2O3/c26-22(20-11-12-21(23(27)28)25(20)16-9-10-16)24-14-13-18-17(7-4-8-19(18)24)15-5-2-1-3-6-15/h1-8,16,20-21H,9-14H2,(H,27,28). The largest absolute Gasteiger partial charge is 0.480 e. The number of fused-ring (bicyclic) bond motifs is 1. The highest BCUT2D eigenvalue weighted by Gasteiger charge is 2.49. The molecule has 5 rings (SSSR count). The Morgan fingerprint density at radius 3 is 2.36 bits per heavy atom. The van der Waals surface area contributed by atoms with E-state index in [4.69, 9.17) is 0 Å². The van der Waals surface area contributed by atoms with E-state index in [1.807, 2.05) is 40.1 Å². The van der Waals surface area contributed by atoms with Gasteiger partial charge in [-0.15, -0.1) is 0 Å². The van der Waals surface area contributed by atoms with Gasteiger partial charge in [0.2, 0.25) is 5.91 Å². The average molecular weight is 376 g/mol. The van der Waals surface area contributed by atoms with Crippen molar-refractivity contribution >= 4 is 17.6 Å². The number of carbonyl (C=O) groups is 2. The molecule has 0 spiro atoms. The van der Waals surface area contributed by atoms with Gasteiger partial charge < -0.3 is 10.0 Å². The smallest absolute Gasteiger partial charge is 0.320 e. The molecule has 1 aliphatic carbocycles. The predicted octanol–water partition coefficient (Wildman–Crippen LogP) is 3.32. The lowest BCUT2D eigenvalue weighted by molar-refractivity contribution is -0.143. The van der Waals surface area contributed by atoms with Crippen LogP contribution in [-0.4, -0.2) is 46.6 Å². The molecule has 1 saturated heterocycles. The highest BCUT2D eigenvalue weighted by atomic mass is 16.4. The fourth-order valence-corrected chi connectivity index (χ4v) is 4.95. The van der Waals surface area contributed by atoms with Gasteiger partial charge in [0, 0.05) is 18.3 Å². The van der Waals surface area contributed by atoms with Gasteiger partial charge in [-0.2, -0.15) is 0 Å². The summed E-state index contributed by atoms with van der Waals surface area (Å²) in [6.45, 7) is 0.671. The van der Waals surface area contributed by atoms with Gasteiger partial charge in [0.1, 0.15) is 6.04 Å². The van der Waals surface area contributed by atoms with Gasteiger partial charge in [-0.3, -0.25) is 14.5 Å². The second kappa shape index (κ2) is 6.74. The molecule has 0 bridgehead atoms. The van der Waals surface area contributed by atoms with Crippen LogP contribution in [0.2, 0.25) is 0 Å². The second-order valence-corrected chi connectivity index (χ2v) is 8.03. The van der Waals surface area contributed by atoms with E-state index in [9.17, 15) is 14.7 Å². The maximum absolute atomic E-state index is 13.5. The van der Waals surface area contributed by atoms with E-state index in [0.717, 1.165) is 24.9 Å². The number of carboxylic acids is 1. The summed E-state index contributed by atoms with van der Waals surface area (Å²) < 4.78 is 0. The lowest BCUT2D eigenvalue weighted by atomic mass is 9.98. The zero-order chi connectivity index (χ0) is 19.3. The minimum atomic E-state index is -0.796. The van der Waals surface area contributed by atoms with E-state index in [2.05, 4.69) is 18.2 Å². The van der Waals surface area contributed by atoms with Crippen LogP contribution in [0.3, 0.4) is 0 Å². The molecule has 5 nitrogen and oxygen atoms in total. The molecule has 1 saturated carbocycles. The van der Waals surface area contributed by atoms with E-state index < -0.39 is 12.0 Å². The van der Waals surface area contributed by atoms with Crippen LogP contribution in [0.25, 0.3) is 11.1 Å². The fraction of sp³-hybridized carbons (Fsp3) is 0.391. The summed E-state index contributed by atoms with van der Waals surface area (Å²) in [5.41, 5.74) is 4.55. The molecule has 5 heteroatoms. The summed E-state index contributed by atoms with van der Waals surface area (Å²) in [6, 6.07) is 15.9.